The van der Waals surface area contributed by atoms with Crippen LogP contribution in [-0.2, 0) is 34.9 Å². The highest BCUT2D eigenvalue weighted by Crippen LogP contribution is 2.31. The lowest BCUT2D eigenvalue weighted by atomic mass is 9.88. The Labute approximate surface area is 191 Å². The van der Waals surface area contributed by atoms with Crippen LogP contribution in [0, 0.1) is 5.92 Å². The molecular formula is C21H29NO11. The lowest BCUT2D eigenvalue weighted by Gasteiger charge is -2.26. The average molecular weight is 471 g/mol. The zero-order chi connectivity index (χ0) is 25.0. The molecule has 0 aromatic heterocycles. The van der Waals surface area contributed by atoms with Gasteiger partial charge in [0.05, 0.1) is 34.5 Å². The van der Waals surface area contributed by atoms with Gasteiger partial charge in [0.15, 0.2) is 11.5 Å². The molecule has 0 unspecified atom stereocenters. The van der Waals surface area contributed by atoms with E-state index in [1.807, 2.05) is 13.8 Å². The number of carbonyl (C=O) groups is 4. The molecule has 0 bridgehead atoms. The Balaban J connectivity index is 3.03. The van der Waals surface area contributed by atoms with Crippen LogP contribution in [0.5, 0.6) is 11.5 Å². The number of hydrogen-bond acceptors (Lipinski definition) is 12. The molecule has 0 saturated heterocycles. The van der Waals surface area contributed by atoms with Crippen LogP contribution in [-0.4, -0.2) is 64.5 Å². The minimum atomic E-state index is -1.60. The second kappa shape index (κ2) is 13.1. The Hall–Kier alpha value is -3.54. The fourth-order valence-corrected chi connectivity index (χ4v) is 2.51. The van der Waals surface area contributed by atoms with Crippen LogP contribution in [0.2, 0.25) is 0 Å². The van der Waals surface area contributed by atoms with E-state index in [-0.39, 0.29) is 43.5 Å². The minimum absolute atomic E-state index is 0.0932. The zero-order valence-corrected chi connectivity index (χ0v) is 19.2. The number of ether oxygens (including phenoxy) is 7. The van der Waals surface area contributed by atoms with Gasteiger partial charge in [0.25, 0.3) is 0 Å². The standard InChI is InChI=1S/C21H29NO11/c1-13(2)12-31-20(26)30-9-8-21(22,17(23)27-3)11-14-6-7-15(32-18(24)28-4)16(10-14)33-19(25)29-5/h6-7,10,13H,8-9,11-12,22H2,1-5H3/t21-/m1/s1. The van der Waals surface area contributed by atoms with Crippen molar-refractivity contribution in [3.8, 4) is 11.5 Å². The molecule has 2 N–H and O–H groups in total. The van der Waals surface area contributed by atoms with Crippen molar-refractivity contribution in [3.05, 3.63) is 23.8 Å². The Kier molecular flexibility index (Phi) is 10.9. The number of rotatable bonds is 10. The van der Waals surface area contributed by atoms with Crippen LogP contribution >= 0.6 is 0 Å². The predicted molar refractivity (Wildman–Crippen MR) is 112 cm³/mol. The molecule has 12 nitrogen and oxygen atoms in total. The summed E-state index contributed by atoms with van der Waals surface area (Å²) < 4.78 is 33.5. The summed E-state index contributed by atoms with van der Waals surface area (Å²) in [6.07, 6.45) is -3.18. The zero-order valence-electron chi connectivity index (χ0n) is 19.2. The summed E-state index contributed by atoms with van der Waals surface area (Å²) in [6, 6.07) is 4.14. The molecule has 0 fully saturated rings. The van der Waals surface area contributed by atoms with E-state index < -0.39 is 30.0 Å². The van der Waals surface area contributed by atoms with Crippen molar-refractivity contribution in [1.29, 1.82) is 0 Å². The average Bonchev–Trinajstić information content (AvgIpc) is 2.78. The van der Waals surface area contributed by atoms with Crippen LogP contribution in [0.3, 0.4) is 0 Å². The topological polar surface area (TPSA) is 159 Å². The summed E-state index contributed by atoms with van der Waals surface area (Å²) in [5.74, 6) is -0.931. The molecule has 184 valence electrons. The number of methoxy groups -OCH3 is 3. The van der Waals surface area contributed by atoms with Gasteiger partial charge in [-0.3, -0.25) is 4.79 Å². The van der Waals surface area contributed by atoms with Gasteiger partial charge in [-0.05, 0) is 23.6 Å². The molecule has 33 heavy (non-hydrogen) atoms. The summed E-state index contributed by atoms with van der Waals surface area (Å²) in [7, 11) is 3.37. The minimum Gasteiger partial charge on any atom is -0.468 e. The third kappa shape index (κ3) is 9.23. The Morgan fingerprint density at radius 3 is 2.03 bits per heavy atom. The highest BCUT2D eigenvalue weighted by atomic mass is 16.7. The van der Waals surface area contributed by atoms with Crippen molar-refractivity contribution in [2.45, 2.75) is 32.2 Å². The van der Waals surface area contributed by atoms with Gasteiger partial charge in [-0.25, -0.2) is 14.4 Å². The van der Waals surface area contributed by atoms with Crippen molar-refractivity contribution >= 4 is 24.4 Å². The molecule has 1 atom stereocenters. The lowest BCUT2D eigenvalue weighted by Crippen LogP contribution is -2.51. The van der Waals surface area contributed by atoms with E-state index in [0.29, 0.717) is 5.56 Å². The number of carbonyl (C=O) groups excluding carboxylic acids is 4. The maximum atomic E-state index is 12.4. The Bertz CT molecular complexity index is 839. The van der Waals surface area contributed by atoms with Crippen molar-refractivity contribution in [2.75, 3.05) is 34.5 Å². The van der Waals surface area contributed by atoms with Crippen LogP contribution < -0.4 is 15.2 Å². The maximum absolute atomic E-state index is 12.4. The van der Waals surface area contributed by atoms with Gasteiger partial charge in [-0.15, -0.1) is 0 Å². The first-order chi connectivity index (χ1) is 15.5. The van der Waals surface area contributed by atoms with E-state index in [4.69, 9.17) is 29.4 Å². The highest BCUT2D eigenvalue weighted by Gasteiger charge is 2.36. The van der Waals surface area contributed by atoms with Crippen molar-refractivity contribution in [3.63, 3.8) is 0 Å². The van der Waals surface area contributed by atoms with E-state index in [1.165, 1.54) is 25.3 Å². The van der Waals surface area contributed by atoms with Crippen LogP contribution in [0.1, 0.15) is 25.8 Å². The summed E-state index contributed by atoms with van der Waals surface area (Å²) in [5, 5.41) is 0. The van der Waals surface area contributed by atoms with Crippen LogP contribution in [0.4, 0.5) is 14.4 Å². The fraction of sp³-hybridized carbons (Fsp3) is 0.524. The molecule has 1 aromatic carbocycles. The van der Waals surface area contributed by atoms with Gasteiger partial charge in [0.1, 0.15) is 5.54 Å². The van der Waals surface area contributed by atoms with E-state index in [9.17, 15) is 19.2 Å². The normalized spacial score (nSPS) is 12.2. The molecule has 0 aliphatic carbocycles. The van der Waals surface area contributed by atoms with E-state index in [0.717, 1.165) is 14.2 Å². The third-order valence-electron chi connectivity index (χ3n) is 4.14. The predicted octanol–water partition coefficient (Wildman–Crippen LogP) is 2.59. The molecule has 0 radical (unpaired) electrons. The molecule has 0 saturated carbocycles. The van der Waals surface area contributed by atoms with Gasteiger partial charge in [0.2, 0.25) is 0 Å². The first-order valence-corrected chi connectivity index (χ1v) is 9.86. The van der Waals surface area contributed by atoms with Crippen molar-refractivity contribution in [2.24, 2.45) is 11.7 Å². The Morgan fingerprint density at radius 2 is 1.48 bits per heavy atom. The third-order valence-corrected chi connectivity index (χ3v) is 4.14. The molecule has 0 aliphatic rings. The molecular weight excluding hydrogens is 442 g/mol. The molecule has 0 spiro atoms. The first-order valence-electron chi connectivity index (χ1n) is 9.86. The molecule has 1 aromatic rings. The molecule has 1 rings (SSSR count). The number of benzene rings is 1. The molecule has 12 heteroatoms. The summed E-state index contributed by atoms with van der Waals surface area (Å²) in [6.45, 7) is 3.72. The Morgan fingerprint density at radius 1 is 0.879 bits per heavy atom. The first kappa shape index (κ1) is 27.5. The summed E-state index contributed by atoms with van der Waals surface area (Å²) in [4.78, 5) is 47.0. The van der Waals surface area contributed by atoms with E-state index in [1.54, 1.807) is 0 Å². The monoisotopic (exact) mass is 471 g/mol. The quantitative estimate of drug-likeness (QED) is 0.302. The number of hydrogen-bond donors (Lipinski definition) is 1. The lowest BCUT2D eigenvalue weighted by molar-refractivity contribution is -0.147. The van der Waals surface area contributed by atoms with Gasteiger partial charge in [0, 0.05) is 12.8 Å². The summed E-state index contributed by atoms with van der Waals surface area (Å²) >= 11 is 0. The van der Waals surface area contributed by atoms with Gasteiger partial charge in [-0.2, -0.15) is 0 Å². The number of esters is 1. The van der Waals surface area contributed by atoms with Gasteiger partial charge >= 0.3 is 24.4 Å². The maximum Gasteiger partial charge on any atom is 0.513 e. The second-order valence-electron chi connectivity index (χ2n) is 7.27. The van der Waals surface area contributed by atoms with E-state index in [2.05, 4.69) is 9.47 Å². The van der Waals surface area contributed by atoms with E-state index >= 15 is 0 Å². The van der Waals surface area contributed by atoms with Crippen LogP contribution in [0.25, 0.3) is 0 Å². The molecule has 0 aliphatic heterocycles. The SMILES string of the molecule is COC(=O)Oc1ccc(C[C@](N)(CCOC(=O)OCC(C)C)C(=O)OC)cc1OC(=O)OC. The van der Waals surface area contributed by atoms with Crippen LogP contribution in [0.15, 0.2) is 18.2 Å². The van der Waals surface area contributed by atoms with Crippen molar-refractivity contribution in [1.82, 2.24) is 0 Å². The highest BCUT2D eigenvalue weighted by molar-refractivity contribution is 5.81. The largest absolute Gasteiger partial charge is 0.513 e. The summed E-state index contributed by atoms with van der Waals surface area (Å²) in [5.41, 5.74) is 5.09. The fourth-order valence-electron chi connectivity index (χ4n) is 2.51. The van der Waals surface area contributed by atoms with Gasteiger partial charge in [-0.1, -0.05) is 19.9 Å². The second-order valence-corrected chi connectivity index (χ2v) is 7.27. The molecule has 0 heterocycles. The van der Waals surface area contributed by atoms with Gasteiger partial charge < -0.3 is 38.9 Å². The molecule has 0 amide bonds. The smallest absolute Gasteiger partial charge is 0.468 e. The van der Waals surface area contributed by atoms with Crippen molar-refractivity contribution < 1.29 is 52.3 Å². The number of nitrogens with two attached hydrogens (primary N) is 1.